The van der Waals surface area contributed by atoms with E-state index in [4.69, 9.17) is 4.74 Å². The van der Waals surface area contributed by atoms with Crippen molar-refractivity contribution in [1.82, 2.24) is 5.32 Å². The molecule has 0 spiro atoms. The van der Waals surface area contributed by atoms with E-state index in [0.717, 1.165) is 18.7 Å². The lowest BCUT2D eigenvalue weighted by Gasteiger charge is -2.32. The summed E-state index contributed by atoms with van der Waals surface area (Å²) in [6, 6.07) is 8.73. The molecule has 1 atom stereocenters. The Balaban J connectivity index is 2.72. The molecule has 0 radical (unpaired) electrons. The van der Waals surface area contributed by atoms with Gasteiger partial charge in [-0.05, 0) is 35.9 Å². The summed E-state index contributed by atoms with van der Waals surface area (Å²) >= 11 is 0. The smallest absolute Gasteiger partial charge is 0.122 e. The van der Waals surface area contributed by atoms with Gasteiger partial charge in [-0.15, -0.1) is 0 Å². The highest BCUT2D eigenvalue weighted by Gasteiger charge is 2.24. The molecule has 1 rings (SSSR count). The maximum Gasteiger partial charge on any atom is 0.122 e. The van der Waals surface area contributed by atoms with Gasteiger partial charge in [0.15, 0.2) is 0 Å². The Hall–Kier alpha value is -1.02. The van der Waals surface area contributed by atoms with Gasteiger partial charge in [0.05, 0.1) is 0 Å². The van der Waals surface area contributed by atoms with E-state index in [1.807, 2.05) is 6.07 Å². The van der Waals surface area contributed by atoms with E-state index in [0.29, 0.717) is 18.6 Å². The van der Waals surface area contributed by atoms with Crippen molar-refractivity contribution >= 4 is 0 Å². The van der Waals surface area contributed by atoms with Crippen LogP contribution in [0, 0.1) is 5.41 Å². The van der Waals surface area contributed by atoms with Crippen LogP contribution in [-0.2, 0) is 0 Å². The van der Waals surface area contributed by atoms with Crippen LogP contribution < -0.4 is 10.1 Å². The summed E-state index contributed by atoms with van der Waals surface area (Å²) < 4.78 is 6.12. The second-order valence-corrected chi connectivity index (χ2v) is 6.88. The van der Waals surface area contributed by atoms with Crippen LogP contribution in [0.25, 0.3) is 0 Å². The molecule has 1 aromatic carbocycles. The van der Waals surface area contributed by atoms with Crippen LogP contribution in [0.5, 0.6) is 5.75 Å². The fourth-order valence-corrected chi connectivity index (χ4v) is 2.20. The van der Waals surface area contributed by atoms with Crippen molar-refractivity contribution in [3.63, 3.8) is 0 Å². The van der Waals surface area contributed by atoms with Gasteiger partial charge in [0, 0.05) is 6.04 Å². The summed E-state index contributed by atoms with van der Waals surface area (Å²) in [4.78, 5) is 0. The molecule has 0 fully saturated rings. The van der Waals surface area contributed by atoms with Gasteiger partial charge in [0.2, 0.25) is 0 Å². The molecule has 1 aromatic rings. The van der Waals surface area contributed by atoms with Crippen LogP contribution in [0.3, 0.4) is 0 Å². The maximum absolute atomic E-state index is 6.12. The van der Waals surface area contributed by atoms with Crippen LogP contribution in [0.2, 0.25) is 0 Å². The lowest BCUT2D eigenvalue weighted by molar-refractivity contribution is 0.173. The first kappa shape index (κ1) is 17.0. The summed E-state index contributed by atoms with van der Waals surface area (Å²) in [5.74, 6) is 1.51. The SMILES string of the molecule is CCCNC(COc1ccccc1C(C)C)C(C)(C)C. The lowest BCUT2D eigenvalue weighted by atomic mass is 9.87. The van der Waals surface area contributed by atoms with E-state index in [1.54, 1.807) is 0 Å². The average molecular weight is 277 g/mol. The Labute approximate surface area is 124 Å². The van der Waals surface area contributed by atoms with E-state index in [9.17, 15) is 0 Å². The predicted molar refractivity (Wildman–Crippen MR) is 87.6 cm³/mol. The Morgan fingerprint density at radius 3 is 2.35 bits per heavy atom. The van der Waals surface area contributed by atoms with Crippen molar-refractivity contribution in [2.75, 3.05) is 13.2 Å². The Kier molecular flexibility index (Phi) is 6.54. The zero-order chi connectivity index (χ0) is 15.2. The highest BCUT2D eigenvalue weighted by Crippen LogP contribution is 2.27. The quantitative estimate of drug-likeness (QED) is 0.786. The summed E-state index contributed by atoms with van der Waals surface area (Å²) in [6.07, 6.45) is 1.15. The van der Waals surface area contributed by atoms with E-state index in [1.165, 1.54) is 5.56 Å². The van der Waals surface area contributed by atoms with Crippen LogP contribution in [-0.4, -0.2) is 19.2 Å². The molecule has 1 N–H and O–H groups in total. The lowest BCUT2D eigenvalue weighted by Crippen LogP contribution is -2.45. The number of nitrogens with one attached hydrogen (secondary N) is 1. The molecular formula is C18H31NO. The van der Waals surface area contributed by atoms with Crippen LogP contribution in [0.15, 0.2) is 24.3 Å². The van der Waals surface area contributed by atoms with Crippen molar-refractivity contribution in [2.24, 2.45) is 5.41 Å². The van der Waals surface area contributed by atoms with Crippen molar-refractivity contribution in [1.29, 1.82) is 0 Å². The van der Waals surface area contributed by atoms with Gasteiger partial charge in [0.25, 0.3) is 0 Å². The molecule has 0 heterocycles. The van der Waals surface area contributed by atoms with E-state index in [-0.39, 0.29) is 5.41 Å². The van der Waals surface area contributed by atoms with Crippen molar-refractivity contribution in [3.8, 4) is 5.75 Å². The first-order valence-electron chi connectivity index (χ1n) is 7.81. The second-order valence-electron chi connectivity index (χ2n) is 6.88. The van der Waals surface area contributed by atoms with Gasteiger partial charge >= 0.3 is 0 Å². The molecule has 0 amide bonds. The van der Waals surface area contributed by atoms with Crippen LogP contribution in [0.4, 0.5) is 0 Å². The predicted octanol–water partition coefficient (Wildman–Crippen LogP) is 4.60. The molecule has 0 aliphatic heterocycles. The first-order chi connectivity index (χ1) is 9.36. The monoisotopic (exact) mass is 277 g/mol. The van der Waals surface area contributed by atoms with Gasteiger partial charge in [-0.25, -0.2) is 0 Å². The largest absolute Gasteiger partial charge is 0.492 e. The number of rotatable bonds is 7. The van der Waals surface area contributed by atoms with E-state index in [2.05, 4.69) is 65.1 Å². The molecule has 0 saturated heterocycles. The Morgan fingerprint density at radius 1 is 1.15 bits per heavy atom. The molecule has 20 heavy (non-hydrogen) atoms. The van der Waals surface area contributed by atoms with Crippen LogP contribution in [0.1, 0.15) is 59.4 Å². The summed E-state index contributed by atoms with van der Waals surface area (Å²) in [5.41, 5.74) is 1.48. The minimum absolute atomic E-state index is 0.196. The molecular weight excluding hydrogens is 246 g/mol. The van der Waals surface area contributed by atoms with Gasteiger partial charge in [-0.3, -0.25) is 0 Å². The normalized spacial score (nSPS) is 13.6. The summed E-state index contributed by atoms with van der Waals surface area (Å²) in [7, 11) is 0. The molecule has 0 saturated carbocycles. The highest BCUT2D eigenvalue weighted by molar-refractivity contribution is 5.35. The van der Waals surface area contributed by atoms with Crippen molar-refractivity contribution in [2.45, 2.75) is 59.9 Å². The topological polar surface area (TPSA) is 21.3 Å². The number of benzene rings is 1. The first-order valence-corrected chi connectivity index (χ1v) is 7.81. The Morgan fingerprint density at radius 2 is 1.80 bits per heavy atom. The van der Waals surface area contributed by atoms with Gasteiger partial charge in [-0.2, -0.15) is 0 Å². The van der Waals surface area contributed by atoms with Gasteiger partial charge < -0.3 is 10.1 Å². The maximum atomic E-state index is 6.12. The number of ether oxygens (including phenoxy) is 1. The molecule has 0 aliphatic carbocycles. The molecule has 1 unspecified atom stereocenters. The van der Waals surface area contributed by atoms with Gasteiger partial charge in [-0.1, -0.05) is 59.7 Å². The third-order valence-corrected chi connectivity index (χ3v) is 3.63. The van der Waals surface area contributed by atoms with Crippen molar-refractivity contribution < 1.29 is 4.74 Å². The van der Waals surface area contributed by atoms with Crippen molar-refractivity contribution in [3.05, 3.63) is 29.8 Å². The number of para-hydroxylation sites is 1. The minimum Gasteiger partial charge on any atom is -0.492 e. The fraction of sp³-hybridized carbons (Fsp3) is 0.667. The third kappa shape index (κ3) is 5.16. The number of hydrogen-bond donors (Lipinski definition) is 1. The average Bonchev–Trinajstić information content (AvgIpc) is 2.37. The standard InChI is InChI=1S/C18H31NO/c1-7-12-19-17(18(4,5)6)13-20-16-11-9-8-10-15(16)14(2)3/h8-11,14,17,19H,7,12-13H2,1-6H3. The summed E-state index contributed by atoms with van der Waals surface area (Å²) in [6.45, 7) is 15.2. The molecule has 0 aliphatic rings. The van der Waals surface area contributed by atoms with E-state index < -0.39 is 0 Å². The zero-order valence-electron chi connectivity index (χ0n) is 14.0. The molecule has 2 nitrogen and oxygen atoms in total. The summed E-state index contributed by atoms with van der Waals surface area (Å²) in [5, 5.41) is 3.60. The molecule has 114 valence electrons. The third-order valence-electron chi connectivity index (χ3n) is 3.63. The Bertz CT molecular complexity index is 393. The molecule has 2 heteroatoms. The highest BCUT2D eigenvalue weighted by atomic mass is 16.5. The van der Waals surface area contributed by atoms with Gasteiger partial charge in [0.1, 0.15) is 12.4 Å². The second kappa shape index (κ2) is 7.68. The van der Waals surface area contributed by atoms with E-state index >= 15 is 0 Å². The molecule has 0 aromatic heterocycles. The minimum atomic E-state index is 0.196. The fourth-order valence-electron chi connectivity index (χ4n) is 2.20. The zero-order valence-corrected chi connectivity index (χ0v) is 14.0. The molecule has 0 bridgehead atoms. The van der Waals surface area contributed by atoms with Crippen LogP contribution >= 0.6 is 0 Å². The number of hydrogen-bond acceptors (Lipinski definition) is 2.